The Balaban J connectivity index is 1.52. The van der Waals surface area contributed by atoms with Crippen LogP contribution in [0.15, 0.2) is 36.4 Å². The van der Waals surface area contributed by atoms with Crippen molar-refractivity contribution in [1.82, 2.24) is 20.3 Å². The van der Waals surface area contributed by atoms with E-state index in [0.29, 0.717) is 11.8 Å². The molecular weight excluding hydrogens is 406 g/mol. The molecule has 0 atom stereocenters. The first kappa shape index (κ1) is 19.0. The van der Waals surface area contributed by atoms with Gasteiger partial charge < -0.3 is 15.0 Å². The van der Waals surface area contributed by atoms with E-state index in [2.05, 4.69) is 47.5 Å². The lowest BCUT2D eigenvalue weighted by Gasteiger charge is -2.27. The van der Waals surface area contributed by atoms with Crippen molar-refractivity contribution in [1.29, 1.82) is 0 Å². The molecule has 1 aromatic carbocycles. The van der Waals surface area contributed by atoms with Gasteiger partial charge in [0.05, 0.1) is 12.3 Å². The Morgan fingerprint density at radius 3 is 2.68 bits per heavy atom. The van der Waals surface area contributed by atoms with E-state index < -0.39 is 0 Å². The second-order valence-electron chi connectivity index (χ2n) is 8.47. The molecule has 3 aromatic heterocycles. The van der Waals surface area contributed by atoms with Crippen LogP contribution in [0.5, 0.6) is 5.88 Å². The number of piperazine rings is 1. The van der Waals surface area contributed by atoms with E-state index in [9.17, 15) is 0 Å². The van der Waals surface area contributed by atoms with Crippen LogP contribution >= 0.6 is 11.3 Å². The quantitative estimate of drug-likeness (QED) is 0.505. The lowest BCUT2D eigenvalue weighted by atomic mass is 10.1. The number of benzene rings is 1. The van der Waals surface area contributed by atoms with Crippen LogP contribution in [0.4, 0.5) is 5.95 Å². The number of fused-ring (bicyclic) bond motifs is 3. The number of ether oxygens (including phenoxy) is 1. The van der Waals surface area contributed by atoms with Gasteiger partial charge >= 0.3 is 0 Å². The Labute approximate surface area is 185 Å². The van der Waals surface area contributed by atoms with Gasteiger partial charge in [-0.1, -0.05) is 30.3 Å². The van der Waals surface area contributed by atoms with Crippen LogP contribution < -0.4 is 15.0 Å². The van der Waals surface area contributed by atoms with Gasteiger partial charge in [-0.05, 0) is 37.3 Å². The van der Waals surface area contributed by atoms with E-state index >= 15 is 0 Å². The smallest absolute Gasteiger partial charge is 0.236 e. The molecule has 2 fully saturated rings. The zero-order valence-electron chi connectivity index (χ0n) is 17.6. The molecule has 158 valence electrons. The molecular formula is C24H25N5OS. The van der Waals surface area contributed by atoms with Gasteiger partial charge in [-0.2, -0.15) is 4.98 Å². The number of pyridine rings is 1. The zero-order valence-corrected chi connectivity index (χ0v) is 18.4. The average Bonchev–Trinajstić information content (AvgIpc) is 3.57. The van der Waals surface area contributed by atoms with Crippen molar-refractivity contribution < 1.29 is 4.74 Å². The van der Waals surface area contributed by atoms with Crippen LogP contribution in [-0.2, 0) is 0 Å². The number of anilines is 1. The van der Waals surface area contributed by atoms with E-state index in [1.165, 1.54) is 18.4 Å². The highest BCUT2D eigenvalue weighted by atomic mass is 32.1. The Morgan fingerprint density at radius 1 is 1.10 bits per heavy atom. The summed E-state index contributed by atoms with van der Waals surface area (Å²) < 4.78 is 7.26. The van der Waals surface area contributed by atoms with E-state index in [1.807, 2.05) is 6.07 Å². The largest absolute Gasteiger partial charge is 0.476 e. The highest BCUT2D eigenvalue weighted by Gasteiger charge is 2.25. The van der Waals surface area contributed by atoms with Crippen LogP contribution in [0.1, 0.15) is 18.4 Å². The fourth-order valence-electron chi connectivity index (χ4n) is 4.12. The summed E-state index contributed by atoms with van der Waals surface area (Å²) in [6.07, 6.45) is 2.51. The first-order valence-electron chi connectivity index (χ1n) is 11.0. The molecule has 31 heavy (non-hydrogen) atoms. The summed E-state index contributed by atoms with van der Waals surface area (Å²) in [4.78, 5) is 18.2. The molecule has 0 bridgehead atoms. The van der Waals surface area contributed by atoms with Crippen molar-refractivity contribution in [2.24, 2.45) is 5.92 Å². The predicted octanol–water partition coefficient (Wildman–Crippen LogP) is 4.41. The lowest BCUT2D eigenvalue weighted by Crippen LogP contribution is -2.44. The molecule has 7 heteroatoms. The molecule has 1 aliphatic carbocycles. The third-order valence-electron chi connectivity index (χ3n) is 6.06. The second kappa shape index (κ2) is 7.73. The van der Waals surface area contributed by atoms with E-state index in [0.717, 1.165) is 70.4 Å². The Morgan fingerprint density at radius 2 is 1.90 bits per heavy atom. The zero-order chi connectivity index (χ0) is 20.8. The summed E-state index contributed by atoms with van der Waals surface area (Å²) in [5, 5.41) is 4.52. The first-order chi connectivity index (χ1) is 15.3. The second-order valence-corrected chi connectivity index (χ2v) is 9.47. The molecule has 0 spiro atoms. The highest BCUT2D eigenvalue weighted by molar-refractivity contribution is 7.25. The third-order valence-corrected chi connectivity index (χ3v) is 7.12. The maximum absolute atomic E-state index is 6.25. The normalized spacial score (nSPS) is 16.9. The van der Waals surface area contributed by atoms with Crippen LogP contribution in [-0.4, -0.2) is 47.7 Å². The molecule has 4 heterocycles. The van der Waals surface area contributed by atoms with Gasteiger partial charge in [-0.15, -0.1) is 11.3 Å². The minimum atomic E-state index is 0.673. The number of rotatable bonds is 5. The van der Waals surface area contributed by atoms with Crippen molar-refractivity contribution in [2.75, 3.05) is 37.7 Å². The molecule has 0 unspecified atom stereocenters. The standard InChI is InChI=1S/C24H25N5OS/c1-15-13-18(17-5-3-2-4-6-17)26-23-19(15)20-21(31-23)22(30-14-16-7-8-16)28-24(27-20)29-11-9-25-10-12-29/h2-6,13,16,25H,7-12,14H2,1H3. The summed E-state index contributed by atoms with van der Waals surface area (Å²) >= 11 is 1.65. The number of hydrogen-bond donors (Lipinski definition) is 1. The topological polar surface area (TPSA) is 63.2 Å². The van der Waals surface area contributed by atoms with Crippen LogP contribution in [0.25, 0.3) is 31.7 Å². The highest BCUT2D eigenvalue weighted by Crippen LogP contribution is 2.41. The fraction of sp³-hybridized carbons (Fsp3) is 0.375. The van der Waals surface area contributed by atoms with Crippen molar-refractivity contribution >= 4 is 37.7 Å². The van der Waals surface area contributed by atoms with Gasteiger partial charge in [0.2, 0.25) is 11.8 Å². The molecule has 1 aliphatic heterocycles. The minimum absolute atomic E-state index is 0.673. The summed E-state index contributed by atoms with van der Waals surface area (Å²) in [6.45, 7) is 6.61. The molecule has 1 saturated carbocycles. The minimum Gasteiger partial charge on any atom is -0.476 e. The number of nitrogens with zero attached hydrogens (tertiary/aromatic N) is 4. The van der Waals surface area contributed by atoms with E-state index in [1.54, 1.807) is 11.3 Å². The van der Waals surface area contributed by atoms with Gasteiger partial charge in [0.25, 0.3) is 0 Å². The van der Waals surface area contributed by atoms with Crippen LogP contribution in [0, 0.1) is 12.8 Å². The first-order valence-corrected chi connectivity index (χ1v) is 11.8. The number of nitrogens with one attached hydrogen (secondary N) is 1. The summed E-state index contributed by atoms with van der Waals surface area (Å²) in [6, 6.07) is 12.5. The summed E-state index contributed by atoms with van der Waals surface area (Å²) in [5.41, 5.74) is 4.28. The fourth-order valence-corrected chi connectivity index (χ4v) is 5.26. The Hall–Kier alpha value is -2.77. The van der Waals surface area contributed by atoms with Crippen LogP contribution in [0.2, 0.25) is 0 Å². The molecule has 0 amide bonds. The van der Waals surface area contributed by atoms with Crippen LogP contribution in [0.3, 0.4) is 0 Å². The SMILES string of the molecule is Cc1cc(-c2ccccc2)nc2sc3c(OCC4CC4)nc(N4CCNCC4)nc3c12. The number of aromatic nitrogens is 3. The number of hydrogen-bond acceptors (Lipinski definition) is 7. The maximum Gasteiger partial charge on any atom is 0.236 e. The van der Waals surface area contributed by atoms with Crippen molar-refractivity contribution in [3.05, 3.63) is 42.0 Å². The molecule has 6 rings (SSSR count). The molecule has 1 N–H and O–H groups in total. The average molecular weight is 432 g/mol. The predicted molar refractivity (Wildman–Crippen MR) is 126 cm³/mol. The van der Waals surface area contributed by atoms with Crippen molar-refractivity contribution in [3.8, 4) is 17.1 Å². The van der Waals surface area contributed by atoms with Gasteiger partial charge in [0.1, 0.15) is 15.0 Å². The maximum atomic E-state index is 6.25. The Kier molecular flexibility index (Phi) is 4.73. The lowest BCUT2D eigenvalue weighted by molar-refractivity contribution is 0.292. The summed E-state index contributed by atoms with van der Waals surface area (Å²) in [7, 11) is 0. The van der Waals surface area contributed by atoms with Gasteiger partial charge in [0.15, 0.2) is 0 Å². The molecule has 0 radical (unpaired) electrons. The number of thiophene rings is 1. The van der Waals surface area contributed by atoms with Gasteiger partial charge in [-0.25, -0.2) is 9.97 Å². The van der Waals surface area contributed by atoms with Gasteiger partial charge in [0, 0.05) is 37.1 Å². The van der Waals surface area contributed by atoms with Crippen molar-refractivity contribution in [2.45, 2.75) is 19.8 Å². The molecule has 6 nitrogen and oxygen atoms in total. The molecule has 4 aromatic rings. The monoisotopic (exact) mass is 431 g/mol. The van der Waals surface area contributed by atoms with E-state index in [4.69, 9.17) is 19.7 Å². The molecule has 1 saturated heterocycles. The van der Waals surface area contributed by atoms with E-state index in [-0.39, 0.29) is 0 Å². The summed E-state index contributed by atoms with van der Waals surface area (Å²) in [5.74, 6) is 2.16. The molecule has 2 aliphatic rings. The number of aryl methyl sites for hydroxylation is 1. The van der Waals surface area contributed by atoms with Gasteiger partial charge in [-0.3, -0.25) is 0 Å². The Bertz CT molecular complexity index is 1250. The van der Waals surface area contributed by atoms with Crippen molar-refractivity contribution in [3.63, 3.8) is 0 Å². The third kappa shape index (κ3) is 3.62.